The largest absolute Gasteiger partial charge is 0.0885 e. The molecule has 68 valence electrons. The Morgan fingerprint density at radius 3 is 2.00 bits per heavy atom. The maximum absolute atomic E-state index is 3.77. The Morgan fingerprint density at radius 1 is 1.18 bits per heavy atom. The molecule has 0 spiro atoms. The molecule has 0 nitrogen and oxygen atoms in total. The number of halogens is 1. The normalized spacial score (nSPS) is 16.9. The highest BCUT2D eigenvalue weighted by molar-refractivity contribution is 9.09. The highest BCUT2D eigenvalue weighted by atomic mass is 79.9. The van der Waals surface area contributed by atoms with Crippen molar-refractivity contribution in [2.75, 3.05) is 0 Å². The lowest BCUT2D eigenvalue weighted by Crippen LogP contribution is -2.19. The summed E-state index contributed by atoms with van der Waals surface area (Å²) in [6, 6.07) is 0. The molecule has 0 aromatic heterocycles. The molecule has 11 heavy (non-hydrogen) atoms. The summed E-state index contributed by atoms with van der Waals surface area (Å²) in [4.78, 5) is 0.715. The molecule has 0 aliphatic heterocycles. The lowest BCUT2D eigenvalue weighted by Gasteiger charge is -2.23. The summed E-state index contributed by atoms with van der Waals surface area (Å²) in [5, 5.41) is 0. The number of hydrogen-bond donors (Lipinski definition) is 0. The van der Waals surface area contributed by atoms with Gasteiger partial charge in [-0.3, -0.25) is 0 Å². The molecule has 0 aromatic rings. The van der Waals surface area contributed by atoms with E-state index in [0.717, 1.165) is 11.8 Å². The molecule has 0 aliphatic carbocycles. The van der Waals surface area contributed by atoms with E-state index in [2.05, 4.69) is 43.6 Å². The van der Waals surface area contributed by atoms with Crippen molar-refractivity contribution in [3.05, 3.63) is 0 Å². The van der Waals surface area contributed by atoms with Gasteiger partial charge in [-0.1, -0.05) is 56.5 Å². The second-order valence-corrected chi connectivity index (χ2v) is 4.70. The number of hydrogen-bond acceptors (Lipinski definition) is 0. The molecule has 0 fully saturated rings. The SMILES string of the molecule is CCCC(CC)C(Br)C(C)C. The predicted molar refractivity (Wildman–Crippen MR) is 56.2 cm³/mol. The van der Waals surface area contributed by atoms with Crippen LogP contribution in [0.15, 0.2) is 0 Å². The van der Waals surface area contributed by atoms with E-state index in [1.165, 1.54) is 19.3 Å². The molecule has 0 aromatic carbocycles. The molecule has 0 bridgehead atoms. The van der Waals surface area contributed by atoms with Crippen molar-refractivity contribution >= 4 is 15.9 Å². The van der Waals surface area contributed by atoms with E-state index in [4.69, 9.17) is 0 Å². The Kier molecular flexibility index (Phi) is 6.31. The first-order valence-electron chi connectivity index (χ1n) is 4.77. The van der Waals surface area contributed by atoms with Crippen LogP contribution in [0.2, 0.25) is 0 Å². The predicted octanol–water partition coefficient (Wildman–Crippen LogP) is 4.23. The molecule has 2 atom stereocenters. The summed E-state index contributed by atoms with van der Waals surface area (Å²) >= 11 is 3.77. The van der Waals surface area contributed by atoms with Crippen LogP contribution in [0.3, 0.4) is 0 Å². The molecule has 0 saturated carbocycles. The fraction of sp³-hybridized carbons (Fsp3) is 1.00. The van der Waals surface area contributed by atoms with Gasteiger partial charge in [-0.25, -0.2) is 0 Å². The summed E-state index contributed by atoms with van der Waals surface area (Å²) in [6.07, 6.45) is 3.99. The first-order chi connectivity index (χ1) is 5.13. The number of rotatable bonds is 5. The number of alkyl halides is 1. The Labute approximate surface area is 79.9 Å². The maximum atomic E-state index is 3.77. The van der Waals surface area contributed by atoms with Gasteiger partial charge in [0.25, 0.3) is 0 Å². The molecule has 0 aliphatic rings. The quantitative estimate of drug-likeness (QED) is 0.609. The summed E-state index contributed by atoms with van der Waals surface area (Å²) in [7, 11) is 0. The van der Waals surface area contributed by atoms with Gasteiger partial charge in [0.05, 0.1) is 0 Å². The summed E-state index contributed by atoms with van der Waals surface area (Å²) < 4.78 is 0. The van der Waals surface area contributed by atoms with Crippen molar-refractivity contribution in [3.8, 4) is 0 Å². The first kappa shape index (κ1) is 11.5. The zero-order chi connectivity index (χ0) is 8.85. The molecule has 0 amide bonds. The third-order valence-corrected chi connectivity index (χ3v) is 4.08. The van der Waals surface area contributed by atoms with Gasteiger partial charge in [-0.05, 0) is 18.3 Å². The Hall–Kier alpha value is 0.480. The van der Waals surface area contributed by atoms with Crippen LogP contribution in [0, 0.1) is 11.8 Å². The lowest BCUT2D eigenvalue weighted by molar-refractivity contribution is 0.393. The van der Waals surface area contributed by atoms with E-state index in [0.29, 0.717) is 4.83 Å². The Morgan fingerprint density at radius 2 is 1.73 bits per heavy atom. The molecule has 0 rings (SSSR count). The van der Waals surface area contributed by atoms with E-state index < -0.39 is 0 Å². The first-order valence-corrected chi connectivity index (χ1v) is 5.69. The highest BCUT2D eigenvalue weighted by Gasteiger charge is 2.18. The average molecular weight is 221 g/mol. The van der Waals surface area contributed by atoms with Crippen molar-refractivity contribution in [2.24, 2.45) is 11.8 Å². The molecule has 0 saturated heterocycles. The lowest BCUT2D eigenvalue weighted by atomic mass is 9.91. The molecule has 0 radical (unpaired) electrons. The van der Waals surface area contributed by atoms with E-state index in [1.54, 1.807) is 0 Å². The Balaban J connectivity index is 3.81. The standard InChI is InChI=1S/C10H21Br/c1-5-7-9(6-2)10(11)8(3)4/h8-10H,5-7H2,1-4H3. The van der Waals surface area contributed by atoms with Gasteiger partial charge in [0, 0.05) is 4.83 Å². The molecular weight excluding hydrogens is 200 g/mol. The van der Waals surface area contributed by atoms with Gasteiger partial charge in [-0.15, -0.1) is 0 Å². The van der Waals surface area contributed by atoms with Crippen LogP contribution in [-0.4, -0.2) is 4.83 Å². The third kappa shape index (κ3) is 4.15. The van der Waals surface area contributed by atoms with Gasteiger partial charge in [-0.2, -0.15) is 0 Å². The second kappa shape index (κ2) is 6.05. The van der Waals surface area contributed by atoms with E-state index in [-0.39, 0.29) is 0 Å². The van der Waals surface area contributed by atoms with Gasteiger partial charge in [0.2, 0.25) is 0 Å². The summed E-state index contributed by atoms with van der Waals surface area (Å²) in [6.45, 7) is 9.13. The third-order valence-electron chi connectivity index (χ3n) is 2.27. The monoisotopic (exact) mass is 220 g/mol. The van der Waals surface area contributed by atoms with E-state index in [9.17, 15) is 0 Å². The van der Waals surface area contributed by atoms with Gasteiger partial charge < -0.3 is 0 Å². The van der Waals surface area contributed by atoms with Crippen LogP contribution < -0.4 is 0 Å². The molecular formula is C10H21Br. The van der Waals surface area contributed by atoms with Crippen LogP contribution in [-0.2, 0) is 0 Å². The van der Waals surface area contributed by atoms with Crippen LogP contribution in [0.1, 0.15) is 47.0 Å². The minimum Gasteiger partial charge on any atom is -0.0885 e. The van der Waals surface area contributed by atoms with Crippen LogP contribution in [0.5, 0.6) is 0 Å². The van der Waals surface area contributed by atoms with Crippen molar-refractivity contribution in [2.45, 2.75) is 51.8 Å². The topological polar surface area (TPSA) is 0 Å². The summed E-state index contributed by atoms with van der Waals surface area (Å²) in [5.41, 5.74) is 0. The smallest absolute Gasteiger partial charge is 0.0196 e. The zero-order valence-corrected chi connectivity index (χ0v) is 9.82. The average Bonchev–Trinajstić information content (AvgIpc) is 1.98. The fourth-order valence-electron chi connectivity index (χ4n) is 1.50. The van der Waals surface area contributed by atoms with Gasteiger partial charge >= 0.3 is 0 Å². The molecule has 0 heterocycles. The minimum absolute atomic E-state index is 0.715. The minimum atomic E-state index is 0.715. The molecule has 0 N–H and O–H groups in total. The van der Waals surface area contributed by atoms with Crippen molar-refractivity contribution < 1.29 is 0 Å². The van der Waals surface area contributed by atoms with Crippen LogP contribution in [0.4, 0.5) is 0 Å². The van der Waals surface area contributed by atoms with Crippen molar-refractivity contribution in [3.63, 3.8) is 0 Å². The van der Waals surface area contributed by atoms with E-state index in [1.807, 2.05) is 0 Å². The highest BCUT2D eigenvalue weighted by Crippen LogP contribution is 2.27. The summed E-state index contributed by atoms with van der Waals surface area (Å²) in [5.74, 6) is 1.64. The van der Waals surface area contributed by atoms with Gasteiger partial charge in [0.1, 0.15) is 0 Å². The van der Waals surface area contributed by atoms with Crippen molar-refractivity contribution in [1.82, 2.24) is 0 Å². The fourth-order valence-corrected chi connectivity index (χ4v) is 2.14. The van der Waals surface area contributed by atoms with Gasteiger partial charge in [0.15, 0.2) is 0 Å². The Bertz CT molecular complexity index is 88.9. The molecule has 2 unspecified atom stereocenters. The zero-order valence-electron chi connectivity index (χ0n) is 8.23. The second-order valence-electron chi connectivity index (χ2n) is 3.65. The van der Waals surface area contributed by atoms with Crippen LogP contribution >= 0.6 is 15.9 Å². The van der Waals surface area contributed by atoms with Crippen LogP contribution in [0.25, 0.3) is 0 Å². The molecule has 1 heteroatoms. The maximum Gasteiger partial charge on any atom is 0.0196 e. The van der Waals surface area contributed by atoms with Crippen molar-refractivity contribution in [1.29, 1.82) is 0 Å². The van der Waals surface area contributed by atoms with E-state index >= 15 is 0 Å².